The van der Waals surface area contributed by atoms with Gasteiger partial charge in [-0.15, -0.1) is 0 Å². The van der Waals surface area contributed by atoms with Crippen LogP contribution < -0.4 is 13.8 Å². The summed E-state index contributed by atoms with van der Waals surface area (Å²) in [6.07, 6.45) is 0. The van der Waals surface area contributed by atoms with Gasteiger partial charge >= 0.3 is 5.97 Å². The summed E-state index contributed by atoms with van der Waals surface area (Å²) in [7, 11) is -4.07. The molecule has 2 aromatic carbocycles. The zero-order chi connectivity index (χ0) is 17.2. The van der Waals surface area contributed by atoms with Crippen molar-refractivity contribution >= 4 is 21.7 Å². The zero-order valence-corrected chi connectivity index (χ0v) is 13.4. The number of carboxylic acid groups (broad SMARTS) is 1. The molecule has 8 heteroatoms. The number of hydrogen-bond donors (Lipinski definition) is 1. The number of anilines is 1. The van der Waals surface area contributed by atoms with E-state index in [4.69, 9.17) is 14.6 Å². The lowest BCUT2D eigenvalue weighted by Crippen LogP contribution is -2.35. The molecule has 1 N–H and O–H groups in total. The molecule has 0 saturated heterocycles. The van der Waals surface area contributed by atoms with Crippen molar-refractivity contribution in [3.63, 3.8) is 0 Å². The van der Waals surface area contributed by atoms with E-state index in [2.05, 4.69) is 0 Å². The highest BCUT2D eigenvalue weighted by Crippen LogP contribution is 2.34. The summed E-state index contributed by atoms with van der Waals surface area (Å²) in [4.78, 5) is 11.1. The van der Waals surface area contributed by atoms with E-state index in [1.807, 2.05) is 0 Å². The number of rotatable bonds is 5. The number of nitrogens with zero attached hydrogens (tertiary/aromatic N) is 1. The SMILES string of the molecule is O=C(O)CN(c1ccccc1)S(=O)(=O)c1ccc2c(c1)OCCO2. The average Bonchev–Trinajstić information content (AvgIpc) is 2.59. The average molecular weight is 349 g/mol. The maximum Gasteiger partial charge on any atom is 0.324 e. The minimum atomic E-state index is -4.07. The Balaban J connectivity index is 2.04. The van der Waals surface area contributed by atoms with Crippen molar-refractivity contribution in [1.29, 1.82) is 0 Å². The van der Waals surface area contributed by atoms with Crippen molar-refractivity contribution in [2.75, 3.05) is 24.1 Å². The van der Waals surface area contributed by atoms with Crippen LogP contribution in [0.5, 0.6) is 11.5 Å². The van der Waals surface area contributed by atoms with Gasteiger partial charge in [-0.25, -0.2) is 8.42 Å². The van der Waals surface area contributed by atoms with Crippen LogP contribution in [0.25, 0.3) is 0 Å². The minimum absolute atomic E-state index is 0.0585. The van der Waals surface area contributed by atoms with Crippen LogP contribution in [0.4, 0.5) is 5.69 Å². The fraction of sp³-hybridized carbons (Fsp3) is 0.188. The Morgan fingerprint density at radius 3 is 2.38 bits per heavy atom. The van der Waals surface area contributed by atoms with E-state index in [1.165, 1.54) is 18.2 Å². The predicted octanol–water partition coefficient (Wildman–Crippen LogP) is 1.74. The third-order valence-electron chi connectivity index (χ3n) is 3.42. The molecule has 0 atom stereocenters. The van der Waals surface area contributed by atoms with Gasteiger partial charge in [-0.1, -0.05) is 18.2 Å². The van der Waals surface area contributed by atoms with Crippen LogP contribution in [0.3, 0.4) is 0 Å². The van der Waals surface area contributed by atoms with Crippen LogP contribution in [-0.4, -0.2) is 39.3 Å². The second kappa shape index (κ2) is 6.40. The fourth-order valence-electron chi connectivity index (χ4n) is 2.34. The highest BCUT2D eigenvalue weighted by Gasteiger charge is 2.28. The van der Waals surface area contributed by atoms with Crippen molar-refractivity contribution in [2.45, 2.75) is 4.90 Å². The molecule has 126 valence electrons. The molecule has 1 aliphatic rings. The molecule has 1 aliphatic heterocycles. The third-order valence-corrected chi connectivity index (χ3v) is 5.19. The largest absolute Gasteiger partial charge is 0.486 e. The van der Waals surface area contributed by atoms with Crippen LogP contribution in [0.15, 0.2) is 53.4 Å². The van der Waals surface area contributed by atoms with Crippen molar-refractivity contribution in [2.24, 2.45) is 0 Å². The van der Waals surface area contributed by atoms with E-state index < -0.39 is 22.5 Å². The van der Waals surface area contributed by atoms with Gasteiger partial charge in [-0.2, -0.15) is 0 Å². The Kier molecular flexibility index (Phi) is 4.30. The predicted molar refractivity (Wildman–Crippen MR) is 86.0 cm³/mol. The number of carbonyl (C=O) groups is 1. The number of sulfonamides is 1. The normalized spacial score (nSPS) is 13.3. The standard InChI is InChI=1S/C16H15NO6S/c18-16(19)11-17(12-4-2-1-3-5-12)24(20,21)13-6-7-14-15(10-13)23-9-8-22-14/h1-7,10H,8-9,11H2,(H,18,19). The van der Waals surface area contributed by atoms with E-state index in [0.29, 0.717) is 24.7 Å². The van der Waals surface area contributed by atoms with Gasteiger partial charge in [0.15, 0.2) is 11.5 Å². The first-order chi connectivity index (χ1) is 11.5. The number of benzene rings is 2. The first-order valence-corrected chi connectivity index (χ1v) is 8.62. The molecule has 1 heterocycles. The third kappa shape index (κ3) is 3.13. The van der Waals surface area contributed by atoms with E-state index in [1.54, 1.807) is 30.3 Å². The van der Waals surface area contributed by atoms with Crippen molar-refractivity contribution in [3.05, 3.63) is 48.5 Å². The zero-order valence-electron chi connectivity index (χ0n) is 12.6. The summed E-state index contributed by atoms with van der Waals surface area (Å²) < 4.78 is 37.5. The van der Waals surface area contributed by atoms with E-state index in [0.717, 1.165) is 4.31 Å². The van der Waals surface area contributed by atoms with Gasteiger partial charge in [0.1, 0.15) is 19.8 Å². The molecular formula is C16H15NO6S. The van der Waals surface area contributed by atoms with Crippen LogP contribution in [0.2, 0.25) is 0 Å². The van der Waals surface area contributed by atoms with Gasteiger partial charge < -0.3 is 14.6 Å². The van der Waals surface area contributed by atoms with Gasteiger partial charge in [0.25, 0.3) is 10.0 Å². The maximum atomic E-state index is 12.9. The first kappa shape index (κ1) is 16.1. The number of carboxylic acids is 1. The summed E-state index contributed by atoms with van der Waals surface area (Å²) in [5.41, 5.74) is 0.273. The molecule has 0 unspecified atom stereocenters. The van der Waals surface area contributed by atoms with Gasteiger partial charge in [0, 0.05) is 6.07 Å². The Bertz CT molecular complexity index is 850. The van der Waals surface area contributed by atoms with Gasteiger partial charge in [-0.3, -0.25) is 9.10 Å². The first-order valence-electron chi connectivity index (χ1n) is 7.18. The van der Waals surface area contributed by atoms with Crippen LogP contribution >= 0.6 is 0 Å². The Morgan fingerprint density at radius 2 is 1.71 bits per heavy atom. The van der Waals surface area contributed by atoms with Gasteiger partial charge in [-0.05, 0) is 24.3 Å². The number of hydrogen-bond acceptors (Lipinski definition) is 5. The monoisotopic (exact) mass is 349 g/mol. The minimum Gasteiger partial charge on any atom is -0.486 e. The molecule has 2 aromatic rings. The van der Waals surface area contributed by atoms with E-state index in [-0.39, 0.29) is 10.6 Å². The molecule has 0 saturated carbocycles. The molecule has 7 nitrogen and oxygen atoms in total. The molecule has 0 amide bonds. The quantitative estimate of drug-likeness (QED) is 0.884. The van der Waals surface area contributed by atoms with Crippen LogP contribution in [-0.2, 0) is 14.8 Å². The summed E-state index contributed by atoms with van der Waals surface area (Å²) in [5.74, 6) is -0.463. The van der Waals surface area contributed by atoms with Crippen molar-refractivity contribution < 1.29 is 27.8 Å². The highest BCUT2D eigenvalue weighted by atomic mass is 32.2. The fourth-order valence-corrected chi connectivity index (χ4v) is 3.77. The topological polar surface area (TPSA) is 93.1 Å². The molecule has 24 heavy (non-hydrogen) atoms. The number of ether oxygens (including phenoxy) is 2. The number of aliphatic carboxylic acids is 1. The maximum absolute atomic E-state index is 12.9. The molecular weight excluding hydrogens is 334 g/mol. The van der Waals surface area contributed by atoms with Crippen molar-refractivity contribution in [3.8, 4) is 11.5 Å². The summed E-state index contributed by atoms with van der Waals surface area (Å²) in [6.45, 7) is 0.0447. The van der Waals surface area contributed by atoms with E-state index in [9.17, 15) is 13.2 Å². The molecule has 0 fully saturated rings. The lowest BCUT2D eigenvalue weighted by Gasteiger charge is -2.24. The molecule has 0 aliphatic carbocycles. The Labute approximate surface area is 139 Å². The van der Waals surface area contributed by atoms with Crippen molar-refractivity contribution in [1.82, 2.24) is 0 Å². The number of para-hydroxylation sites is 1. The summed E-state index contributed by atoms with van der Waals surface area (Å²) in [5, 5.41) is 9.10. The second-order valence-electron chi connectivity index (χ2n) is 5.05. The van der Waals surface area contributed by atoms with Gasteiger partial charge in [0.2, 0.25) is 0 Å². The molecule has 0 aromatic heterocycles. The van der Waals surface area contributed by atoms with Crippen LogP contribution in [0.1, 0.15) is 0 Å². The van der Waals surface area contributed by atoms with Crippen LogP contribution in [0, 0.1) is 0 Å². The Hall–Kier alpha value is -2.74. The summed E-state index contributed by atoms with van der Waals surface area (Å²) >= 11 is 0. The molecule has 0 spiro atoms. The summed E-state index contributed by atoms with van der Waals surface area (Å²) in [6, 6.07) is 12.3. The van der Waals surface area contributed by atoms with Gasteiger partial charge in [0.05, 0.1) is 10.6 Å². The number of fused-ring (bicyclic) bond motifs is 1. The Morgan fingerprint density at radius 1 is 1.04 bits per heavy atom. The molecule has 3 rings (SSSR count). The second-order valence-corrected chi connectivity index (χ2v) is 6.91. The molecule has 0 radical (unpaired) electrons. The smallest absolute Gasteiger partial charge is 0.324 e. The van der Waals surface area contributed by atoms with E-state index >= 15 is 0 Å². The lowest BCUT2D eigenvalue weighted by molar-refractivity contribution is -0.135. The lowest BCUT2D eigenvalue weighted by atomic mass is 10.3. The highest BCUT2D eigenvalue weighted by molar-refractivity contribution is 7.92. The molecule has 0 bridgehead atoms.